The lowest BCUT2D eigenvalue weighted by Crippen LogP contribution is -2.65. The number of aryl methyl sites for hydroxylation is 1. The maximum absolute atomic E-state index is 13.7. The number of hydrogen-bond acceptors (Lipinski definition) is 11. The minimum atomic E-state index is -1.39. The van der Waals surface area contributed by atoms with E-state index in [9.17, 15) is 38.7 Å². The van der Waals surface area contributed by atoms with Crippen LogP contribution in [0, 0.1) is 29.1 Å². The zero-order valence-corrected chi connectivity index (χ0v) is 40.6. The maximum Gasteiger partial charge on any atom is 0.458 e. The van der Waals surface area contributed by atoms with E-state index in [1.54, 1.807) is 12.1 Å². The van der Waals surface area contributed by atoms with Crippen LogP contribution < -0.4 is 22.1 Å². The fraction of sp³-hybridized carbons (Fsp3) is 0.635. The summed E-state index contributed by atoms with van der Waals surface area (Å²) in [6.45, 7) is 12.0. The van der Waals surface area contributed by atoms with Crippen molar-refractivity contribution in [3.8, 4) is 11.1 Å². The topological polar surface area (TPSA) is 234 Å². The van der Waals surface area contributed by atoms with Crippen LogP contribution >= 0.6 is 0 Å². The van der Waals surface area contributed by atoms with E-state index in [-0.39, 0.29) is 55.1 Å². The minimum absolute atomic E-state index is 0.0381. The van der Waals surface area contributed by atoms with Gasteiger partial charge < -0.3 is 36.5 Å². The summed E-state index contributed by atoms with van der Waals surface area (Å²) in [6, 6.07) is 13.3. The van der Waals surface area contributed by atoms with Crippen LogP contribution in [-0.2, 0) is 44.5 Å². The highest BCUT2D eigenvalue weighted by Crippen LogP contribution is 2.65. The van der Waals surface area contributed by atoms with Gasteiger partial charge in [0.2, 0.25) is 17.7 Å². The summed E-state index contributed by atoms with van der Waals surface area (Å²) in [5.74, 6) is -4.32. The number of aliphatic hydroxyl groups excluding tert-OH is 1. The monoisotopic (exact) mass is 927 g/mol. The van der Waals surface area contributed by atoms with Crippen molar-refractivity contribution in [3.05, 3.63) is 59.7 Å². The van der Waals surface area contributed by atoms with Gasteiger partial charge in [0.1, 0.15) is 11.8 Å². The average Bonchev–Trinajstić information content (AvgIpc) is 3.64. The maximum atomic E-state index is 13.7. The average molecular weight is 927 g/mol. The number of hydrogen-bond donors (Lipinski definition) is 5. The Kier molecular flexibility index (Phi) is 19.2. The number of unbranched alkanes of at least 4 members (excludes halogenated alkanes) is 2. The molecule has 2 unspecified atom stereocenters. The lowest BCUT2D eigenvalue weighted by Gasteiger charge is -2.64. The van der Waals surface area contributed by atoms with Crippen molar-refractivity contribution in [2.75, 3.05) is 6.54 Å². The molecule has 4 aliphatic rings. The Labute approximate surface area is 397 Å². The van der Waals surface area contributed by atoms with Gasteiger partial charge in [-0.15, -0.1) is 0 Å². The van der Waals surface area contributed by atoms with Crippen LogP contribution in [0.15, 0.2) is 48.5 Å². The Balaban J connectivity index is 1.09. The van der Waals surface area contributed by atoms with Crippen molar-refractivity contribution < 1.29 is 48.0 Å². The van der Waals surface area contributed by atoms with Crippen LogP contribution in [-0.4, -0.2) is 89.5 Å². The first-order valence-electron chi connectivity index (χ1n) is 24.7. The summed E-state index contributed by atoms with van der Waals surface area (Å²) < 4.78 is 12.7. The number of carbonyl (C=O) groups excluding carboxylic acids is 7. The third-order valence-corrected chi connectivity index (χ3v) is 14.8. The summed E-state index contributed by atoms with van der Waals surface area (Å²) >= 11 is 0. The molecule has 0 spiro atoms. The van der Waals surface area contributed by atoms with Gasteiger partial charge in [-0.25, -0.2) is 0 Å². The molecular formula is C52H75BN4O10. The fourth-order valence-electron chi connectivity index (χ4n) is 10.5. The molecular weight excluding hydrogens is 851 g/mol. The summed E-state index contributed by atoms with van der Waals surface area (Å²) in [7, 11) is -0.601. The molecule has 2 bridgehead atoms. The molecule has 366 valence electrons. The Hall–Kier alpha value is -4.57. The Morgan fingerprint density at radius 3 is 2.09 bits per heavy atom. The van der Waals surface area contributed by atoms with Gasteiger partial charge in [-0.3, -0.25) is 33.6 Å². The van der Waals surface area contributed by atoms with E-state index in [0.717, 1.165) is 43.2 Å². The standard InChI is InChI=1S/C52H75BN4O10/c1-7-8-12-34-16-18-35(19-17-34)36-20-22-37(23-21-36)42(60)15-11-14-40(59)28-38(13-9-10-26-54)50(65)57-48(33(3)58)44(62)27-32(2)49(64)56-41(31-47(55)63)43(61)24-25-53-66-46-30-39-29-45(51(39,4)5)52(46,6)67-53/h16-23,32-33,38-39,41,45-46,48,58H,7-15,24-31,54H2,1-6H3,(H2,55,63)(H,56,64)(H,57,65)/t32-,33?,38-,39+,41+,45+,46?,48+,52+/m1/s1. The van der Waals surface area contributed by atoms with Crippen molar-refractivity contribution in [2.24, 2.45) is 40.6 Å². The molecule has 6 rings (SSSR count). The van der Waals surface area contributed by atoms with Crippen molar-refractivity contribution in [1.29, 1.82) is 0 Å². The molecule has 9 atom stereocenters. The largest absolute Gasteiger partial charge is 0.458 e. The van der Waals surface area contributed by atoms with Gasteiger partial charge in [-0.2, -0.15) is 0 Å². The van der Waals surface area contributed by atoms with Gasteiger partial charge in [-0.05, 0) is 106 Å². The molecule has 0 aromatic heterocycles. The van der Waals surface area contributed by atoms with Crippen molar-refractivity contribution >= 4 is 48.0 Å². The summed E-state index contributed by atoms with van der Waals surface area (Å²) in [6.07, 6.45) is 5.19. The zero-order chi connectivity index (χ0) is 49.1. The summed E-state index contributed by atoms with van der Waals surface area (Å²) in [4.78, 5) is 92.4. The predicted molar refractivity (Wildman–Crippen MR) is 257 cm³/mol. The normalized spacial score (nSPS) is 22.6. The van der Waals surface area contributed by atoms with Crippen LogP contribution in [0.1, 0.15) is 147 Å². The molecule has 7 N–H and O–H groups in total. The Bertz CT molecular complexity index is 2060. The lowest BCUT2D eigenvalue weighted by molar-refractivity contribution is -0.199. The highest BCUT2D eigenvalue weighted by molar-refractivity contribution is 6.45. The first-order chi connectivity index (χ1) is 31.8. The number of primary amides is 1. The third-order valence-electron chi connectivity index (χ3n) is 14.8. The van der Waals surface area contributed by atoms with Crippen LogP contribution in [0.5, 0.6) is 0 Å². The number of benzene rings is 2. The van der Waals surface area contributed by atoms with Crippen molar-refractivity contribution in [2.45, 2.75) is 174 Å². The van der Waals surface area contributed by atoms with E-state index in [1.807, 2.05) is 12.1 Å². The van der Waals surface area contributed by atoms with Gasteiger partial charge in [0, 0.05) is 49.5 Å². The van der Waals surface area contributed by atoms with Gasteiger partial charge in [0.15, 0.2) is 17.3 Å². The molecule has 15 heteroatoms. The number of carbonyl (C=O) groups is 7. The van der Waals surface area contributed by atoms with E-state index in [4.69, 9.17) is 20.8 Å². The number of ketones is 4. The fourth-order valence-corrected chi connectivity index (χ4v) is 10.5. The van der Waals surface area contributed by atoms with Crippen LogP contribution in [0.3, 0.4) is 0 Å². The Morgan fingerprint density at radius 2 is 1.48 bits per heavy atom. The Morgan fingerprint density at radius 1 is 0.806 bits per heavy atom. The molecule has 2 aromatic carbocycles. The number of Topliss-reactive ketones (excluding diaryl/α,β-unsaturated/α-hetero) is 4. The molecule has 3 saturated carbocycles. The van der Waals surface area contributed by atoms with Crippen LogP contribution in [0.2, 0.25) is 6.32 Å². The van der Waals surface area contributed by atoms with E-state index in [0.29, 0.717) is 49.6 Å². The van der Waals surface area contributed by atoms with Crippen molar-refractivity contribution in [3.63, 3.8) is 0 Å². The van der Waals surface area contributed by atoms with E-state index < -0.39 is 84.9 Å². The minimum Gasteiger partial charge on any atom is -0.405 e. The highest BCUT2D eigenvalue weighted by Gasteiger charge is 2.67. The first kappa shape index (κ1) is 53.4. The number of rotatable bonds is 29. The molecule has 3 amide bonds. The third kappa shape index (κ3) is 14.0. The molecule has 1 heterocycles. The number of amides is 3. The lowest BCUT2D eigenvalue weighted by atomic mass is 9.43. The smallest absolute Gasteiger partial charge is 0.405 e. The van der Waals surface area contributed by atoms with Gasteiger partial charge in [0.25, 0.3) is 0 Å². The molecule has 14 nitrogen and oxygen atoms in total. The van der Waals surface area contributed by atoms with E-state index >= 15 is 0 Å². The number of nitrogens with one attached hydrogen (secondary N) is 2. The van der Waals surface area contributed by atoms with Crippen LogP contribution in [0.25, 0.3) is 11.1 Å². The molecule has 0 radical (unpaired) electrons. The number of aliphatic hydroxyl groups is 1. The molecule has 3 aliphatic carbocycles. The highest BCUT2D eigenvalue weighted by atomic mass is 16.7. The quantitative estimate of drug-likeness (QED) is 0.0347. The first-order valence-corrected chi connectivity index (χ1v) is 24.7. The molecule has 1 saturated heterocycles. The van der Waals surface area contributed by atoms with Gasteiger partial charge >= 0.3 is 7.12 Å². The van der Waals surface area contributed by atoms with Gasteiger partial charge in [-0.1, -0.05) is 89.1 Å². The second kappa shape index (κ2) is 24.1. The number of nitrogens with two attached hydrogens (primary N) is 2. The molecule has 2 aromatic rings. The summed E-state index contributed by atoms with van der Waals surface area (Å²) in [5, 5.41) is 15.9. The predicted octanol–water partition coefficient (Wildman–Crippen LogP) is 6.26. The van der Waals surface area contributed by atoms with Crippen LogP contribution in [0.4, 0.5) is 0 Å². The molecule has 4 fully saturated rings. The SMILES string of the molecule is CCCCc1ccc(-c2ccc(C(=O)CCCC(=O)C[C@@H](CCCCN)C(=O)N[C@H](C(=O)C[C@@H](C)C(=O)N[C@@H](CC(N)=O)C(=O)CCB3OC4C[C@@H]5C[C@@H](C5(C)C)[C@]4(C)O3)C(C)O)cc2)cc1. The zero-order valence-electron chi connectivity index (χ0n) is 40.6. The van der Waals surface area contributed by atoms with E-state index in [1.165, 1.54) is 19.4 Å². The summed E-state index contributed by atoms with van der Waals surface area (Å²) in [5.41, 5.74) is 14.8. The van der Waals surface area contributed by atoms with E-state index in [2.05, 4.69) is 62.6 Å². The van der Waals surface area contributed by atoms with Gasteiger partial charge in [0.05, 0.1) is 30.3 Å². The second-order valence-corrected chi connectivity index (χ2v) is 20.3. The second-order valence-electron chi connectivity index (χ2n) is 20.3. The van der Waals surface area contributed by atoms with Crippen molar-refractivity contribution in [1.82, 2.24) is 10.6 Å². The molecule has 67 heavy (non-hydrogen) atoms. The molecule has 1 aliphatic heterocycles.